The maximum Gasteiger partial charge on any atom is 0.323 e. The van der Waals surface area contributed by atoms with Gasteiger partial charge >= 0.3 is 6.01 Å². The van der Waals surface area contributed by atoms with Crippen LogP contribution in [0.2, 0.25) is 0 Å². The van der Waals surface area contributed by atoms with Crippen LogP contribution in [0.1, 0.15) is 12.5 Å². The van der Waals surface area contributed by atoms with E-state index in [1.54, 1.807) is 19.1 Å². The van der Waals surface area contributed by atoms with Crippen molar-refractivity contribution in [3.8, 4) is 6.01 Å². The SMILES string of the molecule is CCOc1nc(NN)nc(Nc2cc(C)ccc2F)n1. The predicted octanol–water partition coefficient (Wildman–Crippen LogP) is 1.75. The number of hydrazine groups is 1. The lowest BCUT2D eigenvalue weighted by molar-refractivity contribution is 0.312. The fourth-order valence-electron chi connectivity index (χ4n) is 1.53. The van der Waals surface area contributed by atoms with Gasteiger partial charge in [-0.05, 0) is 31.5 Å². The number of benzene rings is 1. The first kappa shape index (κ1) is 13.9. The molecular weight excluding hydrogens is 263 g/mol. The van der Waals surface area contributed by atoms with Gasteiger partial charge in [0, 0.05) is 0 Å². The number of nitrogens with one attached hydrogen (secondary N) is 2. The summed E-state index contributed by atoms with van der Waals surface area (Å²) in [5, 5.41) is 2.77. The van der Waals surface area contributed by atoms with E-state index in [2.05, 4.69) is 25.7 Å². The van der Waals surface area contributed by atoms with Gasteiger partial charge in [0.1, 0.15) is 5.82 Å². The van der Waals surface area contributed by atoms with Crippen molar-refractivity contribution in [3.63, 3.8) is 0 Å². The molecule has 1 aromatic carbocycles. The molecule has 0 unspecified atom stereocenters. The highest BCUT2D eigenvalue weighted by atomic mass is 19.1. The molecule has 7 nitrogen and oxygen atoms in total. The third-order valence-corrected chi connectivity index (χ3v) is 2.39. The smallest absolute Gasteiger partial charge is 0.323 e. The summed E-state index contributed by atoms with van der Waals surface area (Å²) in [6, 6.07) is 4.79. The number of aromatic nitrogens is 3. The minimum absolute atomic E-state index is 0.103. The molecule has 0 amide bonds. The second kappa shape index (κ2) is 6.11. The highest BCUT2D eigenvalue weighted by Gasteiger charge is 2.09. The number of hydrogen-bond acceptors (Lipinski definition) is 7. The summed E-state index contributed by atoms with van der Waals surface area (Å²) in [5.74, 6) is 5.13. The standard InChI is InChI=1S/C12H15FN6O/c1-3-20-12-17-10(16-11(18-12)19-14)15-9-6-7(2)4-5-8(9)13/h4-6H,3,14H2,1-2H3,(H2,15,16,17,18,19). The number of nitrogens with zero attached hydrogens (tertiary/aromatic N) is 3. The van der Waals surface area contributed by atoms with E-state index in [-0.39, 0.29) is 23.6 Å². The third kappa shape index (κ3) is 3.29. The Hall–Kier alpha value is -2.48. The Balaban J connectivity index is 2.32. The molecule has 0 bridgehead atoms. The van der Waals surface area contributed by atoms with Crippen molar-refractivity contribution in [3.05, 3.63) is 29.6 Å². The lowest BCUT2D eigenvalue weighted by Crippen LogP contribution is -2.13. The van der Waals surface area contributed by atoms with E-state index >= 15 is 0 Å². The molecule has 2 rings (SSSR count). The molecule has 0 atom stereocenters. The lowest BCUT2D eigenvalue weighted by atomic mass is 10.2. The van der Waals surface area contributed by atoms with Gasteiger partial charge in [-0.2, -0.15) is 15.0 Å². The van der Waals surface area contributed by atoms with Crippen LogP contribution in [0.3, 0.4) is 0 Å². The summed E-state index contributed by atoms with van der Waals surface area (Å²) in [6.07, 6.45) is 0. The van der Waals surface area contributed by atoms with Gasteiger partial charge in [-0.1, -0.05) is 6.07 Å². The van der Waals surface area contributed by atoms with Crippen LogP contribution in [0, 0.1) is 12.7 Å². The Bertz CT molecular complexity index is 606. The highest BCUT2D eigenvalue weighted by Crippen LogP contribution is 2.20. The first-order chi connectivity index (χ1) is 9.62. The number of nitrogen functional groups attached to an aromatic ring is 1. The highest BCUT2D eigenvalue weighted by molar-refractivity contribution is 5.56. The molecule has 0 fully saturated rings. The molecule has 0 aliphatic heterocycles. The van der Waals surface area contributed by atoms with Crippen molar-refractivity contribution < 1.29 is 9.13 Å². The van der Waals surface area contributed by atoms with E-state index in [1.807, 2.05) is 6.92 Å². The first-order valence-corrected chi connectivity index (χ1v) is 6.01. The molecule has 0 radical (unpaired) electrons. The normalized spacial score (nSPS) is 10.2. The molecule has 2 aromatic rings. The zero-order valence-corrected chi connectivity index (χ0v) is 11.1. The molecule has 106 valence electrons. The quantitative estimate of drug-likeness (QED) is 0.566. The molecule has 0 saturated carbocycles. The summed E-state index contributed by atoms with van der Waals surface area (Å²) < 4.78 is 18.9. The fourth-order valence-corrected chi connectivity index (χ4v) is 1.53. The maximum absolute atomic E-state index is 13.7. The monoisotopic (exact) mass is 278 g/mol. The van der Waals surface area contributed by atoms with Crippen LogP contribution in [0.25, 0.3) is 0 Å². The summed E-state index contributed by atoms with van der Waals surface area (Å²) in [7, 11) is 0. The molecule has 20 heavy (non-hydrogen) atoms. The molecular formula is C12H15FN6O. The number of nitrogens with two attached hydrogens (primary N) is 1. The lowest BCUT2D eigenvalue weighted by Gasteiger charge is -2.09. The Morgan fingerprint density at radius 1 is 1.25 bits per heavy atom. The molecule has 0 spiro atoms. The van der Waals surface area contributed by atoms with Gasteiger partial charge in [-0.3, -0.25) is 5.43 Å². The van der Waals surface area contributed by atoms with E-state index in [0.717, 1.165) is 5.56 Å². The molecule has 1 heterocycles. The zero-order chi connectivity index (χ0) is 14.5. The Labute approximate surface area is 115 Å². The summed E-state index contributed by atoms with van der Waals surface area (Å²) in [4.78, 5) is 11.9. The average Bonchev–Trinajstić information content (AvgIpc) is 2.43. The van der Waals surface area contributed by atoms with Crippen molar-refractivity contribution in [1.82, 2.24) is 15.0 Å². The van der Waals surface area contributed by atoms with Gasteiger partial charge < -0.3 is 10.1 Å². The zero-order valence-electron chi connectivity index (χ0n) is 11.1. The van der Waals surface area contributed by atoms with Crippen molar-refractivity contribution in [1.29, 1.82) is 0 Å². The van der Waals surface area contributed by atoms with Gasteiger partial charge in [-0.25, -0.2) is 10.2 Å². The van der Waals surface area contributed by atoms with E-state index in [4.69, 9.17) is 10.6 Å². The van der Waals surface area contributed by atoms with E-state index < -0.39 is 5.82 Å². The van der Waals surface area contributed by atoms with Gasteiger partial charge in [0.2, 0.25) is 11.9 Å². The predicted molar refractivity (Wildman–Crippen MR) is 73.2 cm³/mol. The minimum Gasteiger partial charge on any atom is -0.464 e. The van der Waals surface area contributed by atoms with Crippen LogP contribution < -0.4 is 21.3 Å². The minimum atomic E-state index is -0.406. The van der Waals surface area contributed by atoms with Crippen LogP contribution in [0.15, 0.2) is 18.2 Å². The molecule has 4 N–H and O–H groups in total. The average molecular weight is 278 g/mol. The van der Waals surface area contributed by atoms with Crippen LogP contribution >= 0.6 is 0 Å². The first-order valence-electron chi connectivity index (χ1n) is 6.01. The van der Waals surface area contributed by atoms with Crippen LogP contribution in [0.4, 0.5) is 22.0 Å². The third-order valence-electron chi connectivity index (χ3n) is 2.39. The Morgan fingerprint density at radius 2 is 2.00 bits per heavy atom. The Kier molecular flexibility index (Phi) is 4.26. The van der Waals surface area contributed by atoms with Crippen LogP contribution in [-0.2, 0) is 0 Å². The van der Waals surface area contributed by atoms with Gasteiger partial charge in [0.05, 0.1) is 12.3 Å². The number of aryl methyl sites for hydroxylation is 1. The van der Waals surface area contributed by atoms with Crippen molar-refractivity contribution >= 4 is 17.6 Å². The van der Waals surface area contributed by atoms with Gasteiger partial charge in [0.25, 0.3) is 0 Å². The molecule has 0 saturated heterocycles. The number of hydrogen-bond donors (Lipinski definition) is 3. The largest absolute Gasteiger partial charge is 0.464 e. The van der Waals surface area contributed by atoms with E-state index in [1.165, 1.54) is 6.07 Å². The van der Waals surface area contributed by atoms with Gasteiger partial charge in [-0.15, -0.1) is 0 Å². The second-order valence-electron chi connectivity index (χ2n) is 3.95. The number of anilines is 3. The van der Waals surface area contributed by atoms with Crippen molar-refractivity contribution in [2.45, 2.75) is 13.8 Å². The molecule has 1 aromatic heterocycles. The number of halogens is 1. The summed E-state index contributed by atoms with van der Waals surface area (Å²) >= 11 is 0. The van der Waals surface area contributed by atoms with Crippen LogP contribution in [-0.4, -0.2) is 21.6 Å². The van der Waals surface area contributed by atoms with E-state index in [0.29, 0.717) is 6.61 Å². The van der Waals surface area contributed by atoms with Crippen molar-refractivity contribution in [2.24, 2.45) is 5.84 Å². The second-order valence-corrected chi connectivity index (χ2v) is 3.95. The molecule has 0 aliphatic carbocycles. The Morgan fingerprint density at radius 3 is 2.70 bits per heavy atom. The van der Waals surface area contributed by atoms with Crippen molar-refractivity contribution in [2.75, 3.05) is 17.3 Å². The number of ether oxygens (including phenoxy) is 1. The molecule has 8 heteroatoms. The van der Waals surface area contributed by atoms with Crippen LogP contribution in [0.5, 0.6) is 6.01 Å². The maximum atomic E-state index is 13.7. The van der Waals surface area contributed by atoms with Gasteiger partial charge in [0.15, 0.2) is 0 Å². The summed E-state index contributed by atoms with van der Waals surface area (Å²) in [5.41, 5.74) is 3.47. The molecule has 0 aliphatic rings. The van der Waals surface area contributed by atoms with E-state index in [9.17, 15) is 4.39 Å². The topological polar surface area (TPSA) is 98.0 Å². The fraction of sp³-hybridized carbons (Fsp3) is 0.250. The number of rotatable bonds is 5. The summed E-state index contributed by atoms with van der Waals surface area (Å²) in [6.45, 7) is 4.05.